The first-order valence-corrected chi connectivity index (χ1v) is 9.05. The van der Waals surface area contributed by atoms with Gasteiger partial charge in [0.1, 0.15) is 0 Å². The lowest BCUT2D eigenvalue weighted by molar-refractivity contribution is -0.117. The molecule has 1 heterocycles. The molecule has 2 aliphatic rings. The van der Waals surface area contributed by atoms with Crippen molar-refractivity contribution in [1.82, 2.24) is 9.78 Å². The first kappa shape index (κ1) is 15.4. The van der Waals surface area contributed by atoms with Crippen LogP contribution < -0.4 is 5.32 Å². The topological polar surface area (TPSA) is 46.9 Å². The van der Waals surface area contributed by atoms with E-state index >= 15 is 0 Å². The summed E-state index contributed by atoms with van der Waals surface area (Å²) in [6.07, 6.45) is 7.90. The number of carbonyl (C=O) groups excluding carboxylic acids is 1. The highest BCUT2D eigenvalue weighted by atomic mass is 16.1. The molecule has 1 aromatic heterocycles. The Kier molecular flexibility index (Phi) is 4.13. The zero-order chi connectivity index (χ0) is 16.5. The van der Waals surface area contributed by atoms with Gasteiger partial charge in [0.2, 0.25) is 5.91 Å². The fourth-order valence-electron chi connectivity index (χ4n) is 4.54. The molecule has 2 bridgehead atoms. The molecule has 2 aromatic rings. The van der Waals surface area contributed by atoms with Crippen LogP contribution in [0.2, 0.25) is 0 Å². The molecular formula is C20H25N3O. The van der Waals surface area contributed by atoms with E-state index in [1.54, 1.807) is 0 Å². The van der Waals surface area contributed by atoms with E-state index in [0.29, 0.717) is 18.2 Å². The van der Waals surface area contributed by atoms with Gasteiger partial charge in [-0.05, 0) is 55.1 Å². The van der Waals surface area contributed by atoms with E-state index in [1.165, 1.54) is 36.8 Å². The second-order valence-corrected chi connectivity index (χ2v) is 7.51. The number of benzene rings is 1. The number of rotatable bonds is 5. The van der Waals surface area contributed by atoms with E-state index < -0.39 is 0 Å². The Balaban J connectivity index is 1.33. The highest BCUT2D eigenvalue weighted by Crippen LogP contribution is 2.49. The van der Waals surface area contributed by atoms with Gasteiger partial charge in [-0.1, -0.05) is 30.7 Å². The van der Waals surface area contributed by atoms with Crippen LogP contribution in [-0.4, -0.2) is 15.7 Å². The summed E-state index contributed by atoms with van der Waals surface area (Å²) < 4.78 is 1.88. The Morgan fingerprint density at radius 3 is 2.88 bits per heavy atom. The van der Waals surface area contributed by atoms with Crippen molar-refractivity contribution in [3.8, 4) is 0 Å². The second-order valence-electron chi connectivity index (χ2n) is 7.51. The molecule has 3 atom stereocenters. The standard InChI is InChI=1S/C20H25N3O/c1-14-4-2-3-5-17(14)13-23-9-8-19(22-23)21-20(24)12-18-11-15-6-7-16(18)10-15/h2-5,8-9,15-16,18H,6-7,10-13H2,1H3,(H,21,22,24). The third-order valence-corrected chi connectivity index (χ3v) is 5.83. The van der Waals surface area contributed by atoms with Crippen molar-refractivity contribution in [3.63, 3.8) is 0 Å². The molecule has 4 rings (SSSR count). The van der Waals surface area contributed by atoms with Crippen LogP contribution >= 0.6 is 0 Å². The minimum Gasteiger partial charge on any atom is -0.309 e. The Morgan fingerprint density at radius 2 is 2.12 bits per heavy atom. The summed E-state index contributed by atoms with van der Waals surface area (Å²) in [4.78, 5) is 12.3. The normalized spacial score (nSPS) is 25.1. The maximum atomic E-state index is 12.3. The molecular weight excluding hydrogens is 298 g/mol. The Hall–Kier alpha value is -2.10. The fraction of sp³-hybridized carbons (Fsp3) is 0.500. The van der Waals surface area contributed by atoms with Gasteiger partial charge >= 0.3 is 0 Å². The van der Waals surface area contributed by atoms with Crippen LogP contribution in [0, 0.1) is 24.7 Å². The molecule has 2 saturated carbocycles. The van der Waals surface area contributed by atoms with Gasteiger partial charge in [-0.2, -0.15) is 5.10 Å². The van der Waals surface area contributed by atoms with Crippen molar-refractivity contribution in [2.75, 3.05) is 5.32 Å². The summed E-state index contributed by atoms with van der Waals surface area (Å²) in [6, 6.07) is 10.2. The zero-order valence-electron chi connectivity index (χ0n) is 14.2. The maximum Gasteiger partial charge on any atom is 0.225 e. The van der Waals surface area contributed by atoms with Crippen molar-refractivity contribution in [2.45, 2.75) is 45.6 Å². The van der Waals surface area contributed by atoms with Gasteiger partial charge in [0.05, 0.1) is 6.54 Å². The molecule has 0 aliphatic heterocycles. The number of fused-ring (bicyclic) bond motifs is 2. The number of hydrogen-bond acceptors (Lipinski definition) is 2. The number of aromatic nitrogens is 2. The molecule has 24 heavy (non-hydrogen) atoms. The smallest absolute Gasteiger partial charge is 0.225 e. The van der Waals surface area contributed by atoms with E-state index in [0.717, 1.165) is 18.4 Å². The third-order valence-electron chi connectivity index (χ3n) is 5.83. The lowest BCUT2D eigenvalue weighted by atomic mass is 9.86. The lowest BCUT2D eigenvalue weighted by Gasteiger charge is -2.20. The average Bonchev–Trinajstić information content (AvgIpc) is 3.27. The third kappa shape index (κ3) is 3.23. The van der Waals surface area contributed by atoms with Gasteiger partial charge in [0.25, 0.3) is 0 Å². The summed E-state index contributed by atoms with van der Waals surface area (Å²) in [7, 11) is 0. The number of nitrogens with one attached hydrogen (secondary N) is 1. The summed E-state index contributed by atoms with van der Waals surface area (Å²) in [6.45, 7) is 2.84. The van der Waals surface area contributed by atoms with Crippen molar-refractivity contribution in [1.29, 1.82) is 0 Å². The lowest BCUT2D eigenvalue weighted by Crippen LogP contribution is -2.20. The van der Waals surface area contributed by atoms with E-state index in [9.17, 15) is 4.79 Å². The van der Waals surface area contributed by atoms with Gasteiger partial charge in [-0.15, -0.1) is 0 Å². The summed E-state index contributed by atoms with van der Waals surface area (Å²) >= 11 is 0. The van der Waals surface area contributed by atoms with Gasteiger partial charge in [-0.25, -0.2) is 0 Å². The van der Waals surface area contributed by atoms with Crippen LogP contribution in [0.4, 0.5) is 5.82 Å². The monoisotopic (exact) mass is 323 g/mol. The highest BCUT2D eigenvalue weighted by Gasteiger charge is 2.40. The molecule has 1 N–H and O–H groups in total. The minimum atomic E-state index is 0.119. The number of carbonyl (C=O) groups is 1. The molecule has 1 aromatic carbocycles. The van der Waals surface area contributed by atoms with E-state index in [1.807, 2.05) is 29.1 Å². The number of hydrogen-bond donors (Lipinski definition) is 1. The van der Waals surface area contributed by atoms with Gasteiger partial charge in [0, 0.05) is 18.7 Å². The minimum absolute atomic E-state index is 0.119. The van der Waals surface area contributed by atoms with Crippen molar-refractivity contribution >= 4 is 11.7 Å². The molecule has 2 fully saturated rings. The molecule has 1 amide bonds. The van der Waals surface area contributed by atoms with Crippen molar-refractivity contribution < 1.29 is 4.79 Å². The Labute approximate surface area is 143 Å². The molecule has 0 radical (unpaired) electrons. The van der Waals surface area contributed by atoms with Crippen LogP contribution in [0.25, 0.3) is 0 Å². The molecule has 4 nitrogen and oxygen atoms in total. The van der Waals surface area contributed by atoms with Crippen LogP contribution in [-0.2, 0) is 11.3 Å². The first-order valence-electron chi connectivity index (χ1n) is 9.05. The van der Waals surface area contributed by atoms with Crippen molar-refractivity contribution in [2.24, 2.45) is 17.8 Å². The molecule has 126 valence electrons. The number of nitrogens with zero attached hydrogens (tertiary/aromatic N) is 2. The predicted octanol–water partition coefficient (Wildman–Crippen LogP) is 4.00. The highest BCUT2D eigenvalue weighted by molar-refractivity contribution is 5.89. The SMILES string of the molecule is Cc1ccccc1Cn1ccc(NC(=O)CC2CC3CCC2C3)n1. The predicted molar refractivity (Wildman–Crippen MR) is 94.7 cm³/mol. The van der Waals surface area contributed by atoms with Gasteiger partial charge in [-0.3, -0.25) is 9.48 Å². The largest absolute Gasteiger partial charge is 0.309 e. The van der Waals surface area contributed by atoms with Crippen LogP contribution in [0.15, 0.2) is 36.5 Å². The molecule has 3 unspecified atom stereocenters. The Morgan fingerprint density at radius 1 is 1.25 bits per heavy atom. The van der Waals surface area contributed by atoms with Crippen molar-refractivity contribution in [3.05, 3.63) is 47.7 Å². The molecule has 2 aliphatic carbocycles. The number of aryl methyl sites for hydroxylation is 1. The maximum absolute atomic E-state index is 12.3. The van der Waals surface area contributed by atoms with E-state index in [4.69, 9.17) is 0 Å². The number of anilines is 1. The summed E-state index contributed by atoms with van der Waals surface area (Å²) in [5.74, 6) is 3.06. The van der Waals surface area contributed by atoms with Crippen LogP contribution in [0.3, 0.4) is 0 Å². The zero-order valence-corrected chi connectivity index (χ0v) is 14.2. The molecule has 0 saturated heterocycles. The van der Waals surface area contributed by atoms with Gasteiger partial charge < -0.3 is 5.32 Å². The number of amides is 1. The van der Waals surface area contributed by atoms with E-state index in [2.05, 4.69) is 29.5 Å². The molecule has 0 spiro atoms. The second kappa shape index (κ2) is 6.42. The Bertz CT molecular complexity index is 736. The quantitative estimate of drug-likeness (QED) is 0.904. The van der Waals surface area contributed by atoms with Crippen LogP contribution in [0.5, 0.6) is 0 Å². The fourth-order valence-corrected chi connectivity index (χ4v) is 4.54. The van der Waals surface area contributed by atoms with Gasteiger partial charge in [0.15, 0.2) is 5.82 Å². The van der Waals surface area contributed by atoms with E-state index in [-0.39, 0.29) is 5.91 Å². The average molecular weight is 323 g/mol. The van der Waals surface area contributed by atoms with Crippen LogP contribution in [0.1, 0.15) is 43.2 Å². The summed E-state index contributed by atoms with van der Waals surface area (Å²) in [5, 5.41) is 7.47. The summed E-state index contributed by atoms with van der Waals surface area (Å²) in [5.41, 5.74) is 2.51. The molecule has 4 heteroatoms. The first-order chi connectivity index (χ1) is 11.7.